The Morgan fingerprint density at radius 1 is 0.364 bits per heavy atom. The highest BCUT2D eigenvalue weighted by molar-refractivity contribution is 6.01. The lowest BCUT2D eigenvalue weighted by Gasteiger charge is -2.16. The fourth-order valence-corrected chi connectivity index (χ4v) is 5.28. The van der Waals surface area contributed by atoms with Crippen LogP contribution in [0, 0.1) is 0 Å². The minimum Gasteiger partial charge on any atom is -0.0616 e. The molecule has 0 aromatic heterocycles. The van der Waals surface area contributed by atoms with Crippen molar-refractivity contribution in [1.29, 1.82) is 0 Å². The van der Waals surface area contributed by atoms with Gasteiger partial charge in [0.05, 0.1) is 0 Å². The molecular weight excluding hydrogens is 396 g/mol. The van der Waals surface area contributed by atoms with Gasteiger partial charge in [-0.15, -0.1) is 0 Å². The number of benzene rings is 6. The van der Waals surface area contributed by atoms with Crippen LogP contribution < -0.4 is 0 Å². The summed E-state index contributed by atoms with van der Waals surface area (Å²) in [7, 11) is 0. The van der Waals surface area contributed by atoms with Crippen molar-refractivity contribution in [2.75, 3.05) is 0 Å². The molecule has 0 heterocycles. The van der Waals surface area contributed by atoms with E-state index in [2.05, 4.69) is 121 Å². The average molecular weight is 423 g/mol. The van der Waals surface area contributed by atoms with E-state index >= 15 is 0 Å². The van der Waals surface area contributed by atoms with E-state index < -0.39 is 0 Å². The summed E-state index contributed by atoms with van der Waals surface area (Å²) in [6.07, 6.45) is 3.27. The van der Waals surface area contributed by atoms with Crippen LogP contribution in [-0.4, -0.2) is 0 Å². The molecule has 0 atom stereocenters. The highest BCUT2D eigenvalue weighted by Gasteiger charge is 2.12. The van der Waals surface area contributed by atoms with Gasteiger partial charge >= 0.3 is 0 Å². The Morgan fingerprint density at radius 3 is 1.73 bits per heavy atom. The van der Waals surface area contributed by atoms with E-state index in [9.17, 15) is 0 Å². The number of fused-ring (bicyclic) bond motifs is 3. The van der Waals surface area contributed by atoms with Crippen LogP contribution in [0.25, 0.3) is 43.4 Å². The van der Waals surface area contributed by atoms with E-state index in [-0.39, 0.29) is 0 Å². The molecule has 158 valence electrons. The maximum atomic E-state index is 2.33. The minimum atomic E-state index is 1.06. The van der Waals surface area contributed by atoms with E-state index in [4.69, 9.17) is 0 Å². The third-order valence-electron chi connectivity index (χ3n) is 6.87. The highest BCUT2D eigenvalue weighted by atomic mass is 14.2. The van der Waals surface area contributed by atoms with Crippen LogP contribution in [0.4, 0.5) is 0 Å². The molecule has 0 aliphatic heterocycles. The lowest BCUT2D eigenvalue weighted by atomic mass is 9.88. The van der Waals surface area contributed by atoms with Crippen molar-refractivity contribution >= 4 is 32.3 Å². The zero-order valence-electron chi connectivity index (χ0n) is 18.7. The van der Waals surface area contributed by atoms with Crippen LogP contribution in [0.15, 0.2) is 121 Å². The molecular formula is C33H26. The smallest absolute Gasteiger partial charge is 0.0102 e. The molecule has 0 bridgehead atoms. The van der Waals surface area contributed by atoms with Gasteiger partial charge in [-0.2, -0.15) is 0 Å². The van der Waals surface area contributed by atoms with Gasteiger partial charge in [0.15, 0.2) is 0 Å². The molecule has 0 spiro atoms. The largest absolute Gasteiger partial charge is 0.0616 e. The van der Waals surface area contributed by atoms with Gasteiger partial charge in [-0.25, -0.2) is 0 Å². The summed E-state index contributed by atoms with van der Waals surface area (Å²) in [5.41, 5.74) is 5.60. The zero-order valence-corrected chi connectivity index (χ0v) is 18.7. The highest BCUT2D eigenvalue weighted by Crippen LogP contribution is 2.36. The van der Waals surface area contributed by atoms with E-state index in [0.29, 0.717) is 0 Å². The van der Waals surface area contributed by atoms with Crippen LogP contribution in [0.5, 0.6) is 0 Å². The molecule has 0 unspecified atom stereocenters. The van der Waals surface area contributed by atoms with Crippen LogP contribution >= 0.6 is 0 Å². The van der Waals surface area contributed by atoms with Gasteiger partial charge in [-0.1, -0.05) is 121 Å². The summed E-state index contributed by atoms with van der Waals surface area (Å²) in [6, 6.07) is 44.3. The number of rotatable bonds is 5. The first-order valence-corrected chi connectivity index (χ1v) is 11.8. The Bertz CT molecular complexity index is 1580. The third kappa shape index (κ3) is 3.68. The van der Waals surface area contributed by atoms with Gasteiger partial charge < -0.3 is 0 Å². The fraction of sp³-hybridized carbons (Fsp3) is 0.0909. The second-order valence-corrected chi connectivity index (χ2v) is 8.83. The second-order valence-electron chi connectivity index (χ2n) is 8.83. The number of aryl methyl sites for hydroxylation is 2. The Hall–Kier alpha value is -3.90. The van der Waals surface area contributed by atoms with Crippen molar-refractivity contribution in [2.45, 2.75) is 19.3 Å². The molecule has 6 aromatic rings. The lowest BCUT2D eigenvalue weighted by Crippen LogP contribution is -1.96. The van der Waals surface area contributed by atoms with Crippen molar-refractivity contribution < 1.29 is 0 Å². The normalized spacial score (nSPS) is 11.4. The van der Waals surface area contributed by atoms with Crippen molar-refractivity contribution in [3.8, 4) is 11.1 Å². The maximum Gasteiger partial charge on any atom is -0.0102 e. The van der Waals surface area contributed by atoms with E-state index in [0.717, 1.165) is 19.3 Å². The molecule has 0 saturated carbocycles. The summed E-state index contributed by atoms with van der Waals surface area (Å²) in [5, 5.41) is 8.03. The summed E-state index contributed by atoms with van der Waals surface area (Å²) in [4.78, 5) is 0. The van der Waals surface area contributed by atoms with Gasteiger partial charge in [0.1, 0.15) is 0 Å². The first kappa shape index (κ1) is 19.8. The first-order chi connectivity index (χ1) is 16.4. The van der Waals surface area contributed by atoms with Crippen molar-refractivity contribution in [3.05, 3.63) is 132 Å². The Morgan fingerprint density at radius 2 is 0.939 bits per heavy atom. The van der Waals surface area contributed by atoms with Gasteiger partial charge in [0, 0.05) is 0 Å². The molecule has 0 heteroatoms. The number of hydrogen-bond donors (Lipinski definition) is 0. The van der Waals surface area contributed by atoms with Crippen LogP contribution in [-0.2, 0) is 12.8 Å². The molecule has 0 aliphatic rings. The number of hydrogen-bond acceptors (Lipinski definition) is 0. The molecule has 0 N–H and O–H groups in total. The Balaban J connectivity index is 1.42. The molecule has 0 aliphatic carbocycles. The molecule has 0 radical (unpaired) electrons. The van der Waals surface area contributed by atoms with E-state index in [1.54, 1.807) is 0 Å². The monoisotopic (exact) mass is 422 g/mol. The quantitative estimate of drug-likeness (QED) is 0.260. The molecule has 6 rings (SSSR count). The Labute approximate surface area is 195 Å². The first-order valence-electron chi connectivity index (χ1n) is 11.8. The minimum absolute atomic E-state index is 1.06. The van der Waals surface area contributed by atoms with E-state index in [1.165, 1.54) is 54.6 Å². The predicted octanol–water partition coefficient (Wildman–Crippen LogP) is 8.99. The van der Waals surface area contributed by atoms with Crippen LogP contribution in [0.1, 0.15) is 17.5 Å². The van der Waals surface area contributed by atoms with Crippen molar-refractivity contribution in [2.24, 2.45) is 0 Å². The van der Waals surface area contributed by atoms with Gasteiger partial charge in [-0.3, -0.25) is 0 Å². The summed E-state index contributed by atoms with van der Waals surface area (Å²) >= 11 is 0. The van der Waals surface area contributed by atoms with Crippen molar-refractivity contribution in [3.63, 3.8) is 0 Å². The second kappa shape index (κ2) is 8.56. The fourth-order valence-electron chi connectivity index (χ4n) is 5.28. The predicted molar refractivity (Wildman–Crippen MR) is 143 cm³/mol. The van der Waals surface area contributed by atoms with Crippen LogP contribution in [0.3, 0.4) is 0 Å². The Kier molecular flexibility index (Phi) is 5.13. The maximum absolute atomic E-state index is 2.33. The average Bonchev–Trinajstić information content (AvgIpc) is 2.88. The van der Waals surface area contributed by atoms with Gasteiger partial charge in [0.25, 0.3) is 0 Å². The lowest BCUT2D eigenvalue weighted by molar-refractivity contribution is 0.831. The zero-order chi connectivity index (χ0) is 22.0. The third-order valence-corrected chi connectivity index (χ3v) is 6.87. The SMILES string of the molecule is c1ccc2c(CCCc3c(-c4cccc5ccccc45)ccc4ccccc34)cccc2c1. The summed E-state index contributed by atoms with van der Waals surface area (Å²) < 4.78 is 0. The summed E-state index contributed by atoms with van der Waals surface area (Å²) in [5.74, 6) is 0. The molecule has 0 saturated heterocycles. The van der Waals surface area contributed by atoms with Crippen molar-refractivity contribution in [1.82, 2.24) is 0 Å². The standard InChI is InChI=1S/C33H26/c1-4-17-28-24(10-1)13-7-14-25(28)15-8-20-32-30-19-6-3-12-27(30)22-23-33(32)31-21-9-16-26-11-2-5-18-29(26)31/h1-7,9-14,16-19,21-23H,8,15,20H2. The molecule has 0 fully saturated rings. The van der Waals surface area contributed by atoms with Gasteiger partial charge in [-0.05, 0) is 73.8 Å². The molecule has 33 heavy (non-hydrogen) atoms. The topological polar surface area (TPSA) is 0 Å². The van der Waals surface area contributed by atoms with E-state index in [1.807, 2.05) is 0 Å². The van der Waals surface area contributed by atoms with Crippen LogP contribution in [0.2, 0.25) is 0 Å². The summed E-state index contributed by atoms with van der Waals surface area (Å²) in [6.45, 7) is 0. The van der Waals surface area contributed by atoms with Gasteiger partial charge in [0.2, 0.25) is 0 Å². The molecule has 0 nitrogen and oxygen atoms in total. The molecule has 0 amide bonds. The molecule has 6 aromatic carbocycles.